The van der Waals surface area contributed by atoms with Crippen LogP contribution in [0, 0.1) is 0 Å². The third-order valence-electron chi connectivity index (χ3n) is 4.09. The van der Waals surface area contributed by atoms with Gasteiger partial charge in [0.2, 0.25) is 9.84 Å². The molecule has 0 aliphatic rings. The van der Waals surface area contributed by atoms with E-state index in [9.17, 15) is 13.2 Å². The third kappa shape index (κ3) is 11.1. The Hall–Kier alpha value is -1.38. The predicted octanol–water partition coefficient (Wildman–Crippen LogP) is 4.56. The summed E-state index contributed by atoms with van der Waals surface area (Å²) in [7, 11) is -8.01. The maximum Gasteiger partial charge on any atom is 0.349 e. The average Bonchev–Trinajstić information content (AvgIpc) is 2.67. The Kier molecular flexibility index (Phi) is 11.1. The molecule has 0 bridgehead atoms. The van der Waals surface area contributed by atoms with Crippen molar-refractivity contribution in [1.29, 1.82) is 0 Å². The molecular formula is C22H39NO6S2Si2-. The Balaban J connectivity index is 2.79. The number of carbonyl (C=O) groups excluding carboxylic acids is 1. The molecule has 1 unspecified atom stereocenters. The number of carbonyl (C=O) groups is 1. The van der Waals surface area contributed by atoms with Gasteiger partial charge < -0.3 is 18.0 Å². The first kappa shape index (κ1) is 29.7. The van der Waals surface area contributed by atoms with Gasteiger partial charge in [-0.05, 0) is 76.6 Å². The lowest BCUT2D eigenvalue weighted by Crippen LogP contribution is -2.47. The van der Waals surface area contributed by atoms with E-state index in [0.29, 0.717) is 6.54 Å². The van der Waals surface area contributed by atoms with Crippen LogP contribution in [0.1, 0.15) is 6.42 Å². The van der Waals surface area contributed by atoms with Crippen LogP contribution < -0.4 is 5.32 Å². The van der Waals surface area contributed by atoms with Crippen LogP contribution in [0.5, 0.6) is 0 Å². The molecule has 7 nitrogen and oxygen atoms in total. The molecule has 189 valence electrons. The highest BCUT2D eigenvalue weighted by atomic mass is 32.3. The number of nitrogens with one attached hydrogen (secondary N) is 1. The summed E-state index contributed by atoms with van der Waals surface area (Å²) in [5.74, 6) is -0.907. The smallest absolute Gasteiger partial charge is 0.349 e. The van der Waals surface area contributed by atoms with Gasteiger partial charge in [0, 0.05) is 6.54 Å². The minimum atomic E-state index is -3.98. The van der Waals surface area contributed by atoms with Gasteiger partial charge in [-0.2, -0.15) is 10.3 Å². The van der Waals surface area contributed by atoms with Crippen LogP contribution in [-0.2, 0) is 27.4 Å². The van der Waals surface area contributed by atoms with Crippen molar-refractivity contribution in [3.05, 3.63) is 53.6 Å². The third-order valence-corrected chi connectivity index (χ3v) is 14.7. The minimum absolute atomic E-state index is 0.0376. The maximum absolute atomic E-state index is 12.8. The van der Waals surface area contributed by atoms with E-state index in [1.54, 1.807) is 24.4 Å². The summed E-state index contributed by atoms with van der Waals surface area (Å²) in [5, 5.41) is 3.14. The van der Waals surface area contributed by atoms with E-state index in [0.717, 1.165) is 19.6 Å². The molecule has 0 fully saturated rings. The standard InChI is InChI=1S/C22H39NO6S2Si2/c1-27-22(24)21(31(25,26)20-14-10-9-11-15-20)16-12-17-23-18-13-19-33(8,28-30(2,3)4)29-32(5,6)7/h9-12,14-17,23H,13,18-19H2,1-8H3/q-1. The van der Waals surface area contributed by atoms with Crippen molar-refractivity contribution in [1.82, 2.24) is 5.32 Å². The second-order valence-electron chi connectivity index (χ2n) is 9.41. The second-order valence-corrected chi connectivity index (χ2v) is 23.3. The highest BCUT2D eigenvalue weighted by molar-refractivity contribution is 8.28. The van der Waals surface area contributed by atoms with Gasteiger partial charge >= 0.3 is 14.5 Å². The van der Waals surface area contributed by atoms with Crippen LogP contribution in [0.4, 0.5) is 0 Å². The van der Waals surface area contributed by atoms with Crippen molar-refractivity contribution in [2.75, 3.05) is 32.4 Å². The summed E-state index contributed by atoms with van der Waals surface area (Å²) < 4.78 is 43.2. The van der Waals surface area contributed by atoms with Gasteiger partial charge in [0.25, 0.3) is 0 Å². The van der Waals surface area contributed by atoms with E-state index in [4.69, 9.17) is 7.99 Å². The molecule has 0 aliphatic carbocycles. The molecule has 0 amide bonds. The van der Waals surface area contributed by atoms with E-state index in [2.05, 4.69) is 55.0 Å². The van der Waals surface area contributed by atoms with Gasteiger partial charge in [-0.1, -0.05) is 18.2 Å². The summed E-state index contributed by atoms with van der Waals surface area (Å²) in [6.45, 7) is 9.34. The van der Waals surface area contributed by atoms with Gasteiger partial charge in [0.1, 0.15) is 0 Å². The summed E-state index contributed by atoms with van der Waals surface area (Å²) in [6.07, 6.45) is 11.6. The molecule has 0 aliphatic heterocycles. The number of esters is 1. The van der Waals surface area contributed by atoms with Crippen molar-refractivity contribution < 1.29 is 25.9 Å². The van der Waals surface area contributed by atoms with Gasteiger partial charge in [-0.3, -0.25) is 0 Å². The zero-order valence-electron chi connectivity index (χ0n) is 21.0. The van der Waals surface area contributed by atoms with Crippen LogP contribution >= 0.6 is 10.3 Å². The number of hydrogen-bond donors (Lipinski definition) is 1. The molecule has 0 aromatic heterocycles. The number of ether oxygens (including phenoxy) is 1. The number of benzene rings is 1. The molecule has 1 rings (SSSR count). The minimum Gasteiger partial charge on any atom is -0.589 e. The molecule has 0 saturated carbocycles. The monoisotopic (exact) mass is 533 g/mol. The molecule has 0 saturated heterocycles. The number of rotatable bonds is 13. The molecule has 0 radical (unpaired) electrons. The summed E-state index contributed by atoms with van der Waals surface area (Å²) in [4.78, 5) is 11.7. The Labute approximate surface area is 203 Å². The fraction of sp³-hybridized carbons (Fsp3) is 0.500. The first-order valence-electron chi connectivity index (χ1n) is 10.7. The zero-order valence-corrected chi connectivity index (χ0v) is 24.6. The molecule has 11 heteroatoms. The molecule has 0 spiro atoms. The number of hydrogen-bond acceptors (Lipinski definition) is 7. The van der Waals surface area contributed by atoms with E-state index in [-0.39, 0.29) is 4.90 Å². The van der Waals surface area contributed by atoms with Crippen molar-refractivity contribution in [2.45, 2.75) is 43.5 Å². The van der Waals surface area contributed by atoms with E-state index < -0.39 is 47.9 Å². The van der Waals surface area contributed by atoms with Gasteiger partial charge in [-0.25, -0.2) is 13.2 Å². The molecule has 0 heterocycles. The first-order valence-corrected chi connectivity index (χ1v) is 20.9. The quantitative estimate of drug-likeness (QED) is 0.131. The molecule has 1 aromatic rings. The molecule has 1 N–H and O–H groups in total. The second kappa shape index (κ2) is 12.4. The predicted molar refractivity (Wildman–Crippen MR) is 143 cm³/mol. The number of allylic oxidation sites excluding steroid dienone is 2. The Morgan fingerprint density at radius 3 is 2.24 bits per heavy atom. The Bertz CT molecular complexity index is 920. The number of methoxy groups -OCH3 is 1. The van der Waals surface area contributed by atoms with Crippen LogP contribution in [0.15, 0.2) is 58.5 Å². The lowest BCUT2D eigenvalue weighted by molar-refractivity contribution is -0.135. The topological polar surface area (TPSA) is 90.9 Å². The molecular weight excluding hydrogens is 495 g/mol. The van der Waals surface area contributed by atoms with Crippen LogP contribution in [-0.4, -0.2) is 63.7 Å². The zero-order chi connectivity index (χ0) is 25.3. The lowest BCUT2D eigenvalue weighted by Gasteiger charge is -2.46. The SMILES string of the molecule is COC(=O)C(=CC=CNCCC[Si](C)(O[Si-](C)(C)C)OS(C)(C)C)S(=O)(=O)c1ccccc1. The molecule has 33 heavy (non-hydrogen) atoms. The summed E-state index contributed by atoms with van der Waals surface area (Å²) in [6, 6.07) is 8.66. The van der Waals surface area contributed by atoms with Gasteiger partial charge in [-0.15, -0.1) is 19.6 Å². The average molecular weight is 534 g/mol. The van der Waals surface area contributed by atoms with E-state index in [1.165, 1.54) is 24.3 Å². The fourth-order valence-corrected chi connectivity index (χ4v) is 15.9. The maximum atomic E-state index is 12.8. The highest BCUT2D eigenvalue weighted by Gasteiger charge is 2.34. The van der Waals surface area contributed by atoms with Crippen LogP contribution in [0.25, 0.3) is 0 Å². The molecule has 1 atom stereocenters. The largest absolute Gasteiger partial charge is 0.589 e. The van der Waals surface area contributed by atoms with Crippen molar-refractivity contribution in [3.8, 4) is 0 Å². The Morgan fingerprint density at radius 1 is 1.12 bits per heavy atom. The summed E-state index contributed by atoms with van der Waals surface area (Å²) >= 11 is 0. The van der Waals surface area contributed by atoms with Crippen molar-refractivity contribution in [3.63, 3.8) is 0 Å². The van der Waals surface area contributed by atoms with E-state index in [1.807, 2.05) is 0 Å². The highest BCUT2D eigenvalue weighted by Crippen LogP contribution is 2.42. The number of sulfone groups is 1. The van der Waals surface area contributed by atoms with Crippen molar-refractivity contribution >= 4 is 43.0 Å². The Morgan fingerprint density at radius 2 is 1.73 bits per heavy atom. The van der Waals surface area contributed by atoms with Gasteiger partial charge in [0.15, 0.2) is 4.91 Å². The van der Waals surface area contributed by atoms with Crippen molar-refractivity contribution in [2.24, 2.45) is 0 Å². The van der Waals surface area contributed by atoms with E-state index >= 15 is 0 Å². The van der Waals surface area contributed by atoms with Crippen LogP contribution in [0.2, 0.25) is 32.2 Å². The fourth-order valence-electron chi connectivity index (χ4n) is 3.18. The lowest BCUT2D eigenvalue weighted by atomic mass is 10.4. The molecule has 1 aromatic carbocycles. The summed E-state index contributed by atoms with van der Waals surface area (Å²) in [5.41, 5.74) is 0. The first-order chi connectivity index (χ1) is 15.1. The normalized spacial score (nSPS) is 15.8. The van der Waals surface area contributed by atoms with Crippen LogP contribution in [0.3, 0.4) is 0 Å². The van der Waals surface area contributed by atoms with Gasteiger partial charge in [0.05, 0.1) is 12.0 Å².